The minimum Gasteiger partial charge on any atom is -0.436 e. The van der Waals surface area contributed by atoms with E-state index in [0.29, 0.717) is 28.3 Å². The smallest absolute Gasteiger partial charge is 0.263 e. The molecule has 2 N–H and O–H groups in total. The summed E-state index contributed by atoms with van der Waals surface area (Å²) in [6, 6.07) is 19.1. The molecule has 0 saturated heterocycles. The molecule has 5 rings (SSSR count). The van der Waals surface area contributed by atoms with Crippen molar-refractivity contribution in [2.24, 2.45) is 0 Å². The van der Waals surface area contributed by atoms with Gasteiger partial charge in [0.2, 0.25) is 5.95 Å². The van der Waals surface area contributed by atoms with Crippen LogP contribution in [0, 0.1) is 0 Å². The fourth-order valence-corrected chi connectivity index (χ4v) is 3.57. The van der Waals surface area contributed by atoms with Crippen molar-refractivity contribution in [3.63, 3.8) is 0 Å². The van der Waals surface area contributed by atoms with Crippen molar-refractivity contribution >= 4 is 23.2 Å². The topological polar surface area (TPSA) is 115 Å². The zero-order valence-corrected chi connectivity index (χ0v) is 18.9. The third-order valence-electron chi connectivity index (χ3n) is 5.16. The molecule has 0 amide bonds. The minimum absolute atomic E-state index is 0.197. The van der Waals surface area contributed by atoms with E-state index in [1.807, 2.05) is 12.1 Å². The first kappa shape index (κ1) is 22.2. The number of ether oxygens (including phenoxy) is 1. The lowest BCUT2D eigenvalue weighted by Gasteiger charge is -2.15. The number of pyridine rings is 1. The molecule has 3 heterocycles. The van der Waals surface area contributed by atoms with Crippen LogP contribution in [-0.2, 0) is 6.54 Å². The van der Waals surface area contributed by atoms with Gasteiger partial charge in [0.1, 0.15) is 12.0 Å². The number of hydrogen-bond acceptors (Lipinski definition) is 7. The third-order valence-corrected chi connectivity index (χ3v) is 5.41. The predicted molar refractivity (Wildman–Crippen MR) is 131 cm³/mol. The van der Waals surface area contributed by atoms with Gasteiger partial charge >= 0.3 is 0 Å². The molecule has 0 fully saturated rings. The van der Waals surface area contributed by atoms with Crippen molar-refractivity contribution < 1.29 is 9.26 Å². The van der Waals surface area contributed by atoms with Gasteiger partial charge < -0.3 is 19.6 Å². The summed E-state index contributed by atoms with van der Waals surface area (Å²) in [5.74, 6) is 1.22. The van der Waals surface area contributed by atoms with Crippen molar-refractivity contribution in [1.29, 1.82) is 0 Å². The Bertz CT molecular complexity index is 1560. The molecule has 0 radical (unpaired) electrons. The third kappa shape index (κ3) is 4.99. The Hall–Kier alpha value is -4.63. The van der Waals surface area contributed by atoms with E-state index in [1.165, 1.54) is 23.2 Å². The summed E-state index contributed by atoms with van der Waals surface area (Å²) in [6.45, 7) is 0.220. The summed E-state index contributed by atoms with van der Waals surface area (Å²) >= 11 is 6.01. The molecule has 0 spiro atoms. The van der Waals surface area contributed by atoms with Gasteiger partial charge in [0.25, 0.3) is 17.0 Å². The van der Waals surface area contributed by atoms with Crippen LogP contribution in [0.1, 0.15) is 5.56 Å². The van der Waals surface area contributed by atoms with Gasteiger partial charge in [0.05, 0.1) is 17.7 Å². The van der Waals surface area contributed by atoms with Crippen LogP contribution >= 0.6 is 11.6 Å². The van der Waals surface area contributed by atoms with E-state index < -0.39 is 0 Å². The number of nitrogens with zero attached hydrogens (tertiary/aromatic N) is 3. The van der Waals surface area contributed by atoms with E-state index in [0.717, 1.165) is 5.56 Å². The highest BCUT2D eigenvalue weighted by atomic mass is 35.5. The number of aromatic amines is 1. The molecule has 0 aliphatic heterocycles. The van der Waals surface area contributed by atoms with Crippen molar-refractivity contribution in [3.05, 3.63) is 117 Å². The highest BCUT2D eigenvalue weighted by Gasteiger charge is 2.15. The summed E-state index contributed by atoms with van der Waals surface area (Å²) < 4.78 is 11.8. The number of nitrogens with one attached hydrogen (secondary N) is 2. The van der Waals surface area contributed by atoms with E-state index in [9.17, 15) is 9.59 Å². The van der Waals surface area contributed by atoms with E-state index in [-0.39, 0.29) is 28.8 Å². The summed E-state index contributed by atoms with van der Waals surface area (Å²) in [7, 11) is 0. The average Bonchev–Trinajstić information content (AvgIpc) is 3.38. The second-order valence-corrected chi connectivity index (χ2v) is 7.95. The fourth-order valence-electron chi connectivity index (χ4n) is 3.44. The minimum atomic E-state index is -0.368. The number of rotatable bonds is 7. The second-order valence-electron chi connectivity index (χ2n) is 7.52. The maximum Gasteiger partial charge on any atom is 0.263 e. The van der Waals surface area contributed by atoms with Crippen molar-refractivity contribution in [2.45, 2.75) is 6.54 Å². The van der Waals surface area contributed by atoms with Gasteiger partial charge in [-0.1, -0.05) is 23.7 Å². The molecule has 2 aromatic carbocycles. The first-order valence-electron chi connectivity index (χ1n) is 10.5. The molecule has 35 heavy (non-hydrogen) atoms. The summed E-state index contributed by atoms with van der Waals surface area (Å²) in [5.41, 5.74) is 1.24. The largest absolute Gasteiger partial charge is 0.436 e. The quantitative estimate of drug-likeness (QED) is 0.338. The molecule has 174 valence electrons. The molecule has 0 bridgehead atoms. The number of aromatic nitrogens is 4. The zero-order chi connectivity index (χ0) is 24.2. The molecular weight excluding hydrogens is 470 g/mol. The standard InChI is InChI=1S/C25H18ClN5O4/c26-17-5-3-16(4-6-17)15-31-24(33)21(20-2-1-12-27-23(20)32)14-28-25(31)29-18-7-9-19(10-8-18)35-22-11-13-34-30-22/h1-14H,15H2,(H,27,32)(H,28,29). The summed E-state index contributed by atoms with van der Waals surface area (Å²) in [4.78, 5) is 32.9. The van der Waals surface area contributed by atoms with Gasteiger partial charge in [0.15, 0.2) is 0 Å². The molecule has 0 aliphatic rings. The van der Waals surface area contributed by atoms with Crippen LogP contribution in [0.3, 0.4) is 0 Å². The molecule has 5 aromatic rings. The maximum absolute atomic E-state index is 13.5. The van der Waals surface area contributed by atoms with Crippen LogP contribution in [-0.4, -0.2) is 19.7 Å². The van der Waals surface area contributed by atoms with Gasteiger partial charge in [-0.3, -0.25) is 14.2 Å². The highest BCUT2D eigenvalue weighted by Crippen LogP contribution is 2.23. The van der Waals surface area contributed by atoms with Gasteiger partial charge in [-0.2, -0.15) is 0 Å². The Balaban J connectivity index is 1.50. The Morgan fingerprint density at radius 2 is 1.80 bits per heavy atom. The number of hydrogen-bond donors (Lipinski definition) is 2. The normalized spacial score (nSPS) is 10.8. The summed E-state index contributed by atoms with van der Waals surface area (Å²) in [6.07, 6.45) is 4.33. The van der Waals surface area contributed by atoms with Crippen molar-refractivity contribution in [2.75, 3.05) is 5.32 Å². The lowest BCUT2D eigenvalue weighted by molar-refractivity contribution is 0.367. The highest BCUT2D eigenvalue weighted by molar-refractivity contribution is 6.30. The van der Waals surface area contributed by atoms with Gasteiger partial charge in [-0.25, -0.2) is 4.98 Å². The SMILES string of the molecule is O=c1[nH]cccc1-c1cnc(Nc2ccc(Oc3ccon3)cc2)n(Cc2ccc(Cl)cc2)c1=O. The van der Waals surface area contributed by atoms with E-state index in [2.05, 4.69) is 20.4 Å². The van der Waals surface area contributed by atoms with Gasteiger partial charge in [0, 0.05) is 29.2 Å². The Labute approximate surface area is 203 Å². The lowest BCUT2D eigenvalue weighted by atomic mass is 10.1. The van der Waals surface area contributed by atoms with Crippen LogP contribution in [0.4, 0.5) is 11.6 Å². The van der Waals surface area contributed by atoms with Crippen LogP contribution in [0.15, 0.2) is 99.5 Å². The fraction of sp³-hybridized carbons (Fsp3) is 0.0400. The van der Waals surface area contributed by atoms with Crippen molar-refractivity contribution in [1.82, 2.24) is 19.7 Å². The molecule has 10 heteroatoms. The molecule has 0 unspecified atom stereocenters. The maximum atomic E-state index is 13.5. The van der Waals surface area contributed by atoms with E-state index in [1.54, 1.807) is 54.6 Å². The predicted octanol–water partition coefficient (Wildman–Crippen LogP) is 4.82. The zero-order valence-electron chi connectivity index (χ0n) is 18.1. The first-order valence-corrected chi connectivity index (χ1v) is 10.9. The average molecular weight is 488 g/mol. The first-order chi connectivity index (χ1) is 17.1. The Morgan fingerprint density at radius 3 is 2.51 bits per heavy atom. The monoisotopic (exact) mass is 487 g/mol. The van der Waals surface area contributed by atoms with E-state index in [4.69, 9.17) is 20.9 Å². The Kier molecular flexibility index (Phi) is 6.15. The van der Waals surface area contributed by atoms with Crippen LogP contribution in [0.5, 0.6) is 11.6 Å². The molecular formula is C25H18ClN5O4. The molecule has 0 aliphatic carbocycles. The number of anilines is 2. The van der Waals surface area contributed by atoms with Gasteiger partial charge in [-0.15, -0.1) is 0 Å². The number of benzene rings is 2. The van der Waals surface area contributed by atoms with Gasteiger partial charge in [-0.05, 0) is 59.3 Å². The molecule has 9 nitrogen and oxygen atoms in total. The van der Waals surface area contributed by atoms with Crippen LogP contribution in [0.2, 0.25) is 5.02 Å². The molecule has 0 saturated carbocycles. The summed E-state index contributed by atoms with van der Waals surface area (Å²) in [5, 5.41) is 7.48. The number of H-pyrrole nitrogens is 1. The van der Waals surface area contributed by atoms with E-state index >= 15 is 0 Å². The lowest BCUT2D eigenvalue weighted by Crippen LogP contribution is -2.27. The Morgan fingerprint density at radius 1 is 1.00 bits per heavy atom. The van der Waals surface area contributed by atoms with Crippen LogP contribution in [0.25, 0.3) is 11.1 Å². The molecule has 3 aromatic heterocycles. The molecule has 0 atom stereocenters. The second kappa shape index (κ2) is 9.70. The van der Waals surface area contributed by atoms with Crippen molar-refractivity contribution in [3.8, 4) is 22.8 Å². The number of halogens is 1. The van der Waals surface area contributed by atoms with Crippen LogP contribution < -0.4 is 21.2 Å².